The number of nitrogens with zero attached hydrogens (tertiary/aromatic N) is 1. The van der Waals surface area contributed by atoms with Crippen molar-refractivity contribution in [3.8, 4) is 6.07 Å². The van der Waals surface area contributed by atoms with Crippen molar-refractivity contribution in [1.82, 2.24) is 4.72 Å². The van der Waals surface area contributed by atoms with E-state index >= 15 is 0 Å². The van der Waals surface area contributed by atoms with Crippen LogP contribution in [-0.2, 0) is 20.6 Å². The summed E-state index contributed by atoms with van der Waals surface area (Å²) < 4.78 is 26.4. The first-order valence-corrected chi connectivity index (χ1v) is 9.63. The van der Waals surface area contributed by atoms with E-state index in [2.05, 4.69) is 4.72 Å². The molecule has 0 spiro atoms. The highest BCUT2D eigenvalue weighted by atomic mass is 32.2. The lowest BCUT2D eigenvalue weighted by atomic mass is 9.86. The monoisotopic (exact) mass is 332 g/mol. The minimum absolute atomic E-state index is 0.249. The Morgan fingerprint density at radius 1 is 1.22 bits per heavy atom. The molecule has 2 aliphatic carbocycles. The second-order valence-electron chi connectivity index (χ2n) is 6.73. The summed E-state index contributed by atoms with van der Waals surface area (Å²) in [6.45, 7) is 0. The second-order valence-corrected chi connectivity index (χ2v) is 8.45. The van der Waals surface area contributed by atoms with Gasteiger partial charge in [-0.2, -0.15) is 5.26 Å². The number of hydrogen-bond donors (Lipinski definition) is 1. The SMILES string of the molecule is N#Cc1ccc(CS(=O)(=O)NC(=O)C[C@@H]2C[C@H]3CC[C@H]2C3)cc1. The lowest BCUT2D eigenvalue weighted by Gasteiger charge is -2.20. The van der Waals surface area contributed by atoms with Gasteiger partial charge in [-0.1, -0.05) is 18.6 Å². The average molecular weight is 332 g/mol. The molecular weight excluding hydrogens is 312 g/mol. The third kappa shape index (κ3) is 3.91. The van der Waals surface area contributed by atoms with Crippen molar-refractivity contribution < 1.29 is 13.2 Å². The number of nitriles is 1. The zero-order chi connectivity index (χ0) is 16.4. The molecule has 1 aromatic rings. The van der Waals surface area contributed by atoms with E-state index in [0.29, 0.717) is 29.4 Å². The van der Waals surface area contributed by atoms with E-state index in [1.54, 1.807) is 24.3 Å². The van der Waals surface area contributed by atoms with E-state index in [-0.39, 0.29) is 5.75 Å². The van der Waals surface area contributed by atoms with Gasteiger partial charge in [0.1, 0.15) is 0 Å². The summed E-state index contributed by atoms with van der Waals surface area (Å²) in [5.74, 6) is 1.05. The van der Waals surface area contributed by atoms with Crippen LogP contribution in [0.15, 0.2) is 24.3 Å². The van der Waals surface area contributed by atoms with E-state index in [0.717, 1.165) is 12.3 Å². The Morgan fingerprint density at radius 3 is 2.52 bits per heavy atom. The van der Waals surface area contributed by atoms with Crippen molar-refractivity contribution in [3.63, 3.8) is 0 Å². The van der Waals surface area contributed by atoms with E-state index in [4.69, 9.17) is 5.26 Å². The lowest BCUT2D eigenvalue weighted by Crippen LogP contribution is -2.33. The fourth-order valence-corrected chi connectivity index (χ4v) is 5.14. The largest absolute Gasteiger partial charge is 0.274 e. The van der Waals surface area contributed by atoms with Crippen molar-refractivity contribution in [2.24, 2.45) is 17.8 Å². The molecule has 3 rings (SSSR count). The molecule has 2 aliphatic rings. The molecule has 6 heteroatoms. The summed E-state index contributed by atoms with van der Waals surface area (Å²) in [6, 6.07) is 8.32. The van der Waals surface area contributed by atoms with Crippen molar-refractivity contribution in [2.45, 2.75) is 37.9 Å². The minimum Gasteiger partial charge on any atom is -0.274 e. The number of fused-ring (bicyclic) bond motifs is 2. The van der Waals surface area contributed by atoms with Crippen LogP contribution in [0.25, 0.3) is 0 Å². The van der Waals surface area contributed by atoms with Crippen LogP contribution in [0.3, 0.4) is 0 Å². The number of hydrogen-bond acceptors (Lipinski definition) is 4. The molecule has 2 saturated carbocycles. The molecule has 23 heavy (non-hydrogen) atoms. The van der Waals surface area contributed by atoms with Gasteiger partial charge in [0.25, 0.3) is 0 Å². The van der Waals surface area contributed by atoms with E-state index < -0.39 is 15.9 Å². The number of nitrogens with one attached hydrogen (secondary N) is 1. The van der Waals surface area contributed by atoms with E-state index in [1.165, 1.54) is 19.3 Å². The molecule has 5 nitrogen and oxygen atoms in total. The van der Waals surface area contributed by atoms with Crippen molar-refractivity contribution in [2.75, 3.05) is 0 Å². The highest BCUT2D eigenvalue weighted by Gasteiger charge is 2.40. The van der Waals surface area contributed by atoms with Crippen LogP contribution in [0.4, 0.5) is 0 Å². The van der Waals surface area contributed by atoms with E-state index in [9.17, 15) is 13.2 Å². The topological polar surface area (TPSA) is 87.0 Å². The molecule has 1 aromatic carbocycles. The van der Waals surface area contributed by atoms with E-state index in [1.807, 2.05) is 6.07 Å². The summed E-state index contributed by atoms with van der Waals surface area (Å²) in [5, 5.41) is 8.74. The summed E-state index contributed by atoms with van der Waals surface area (Å²) >= 11 is 0. The predicted octanol–water partition coefficient (Wildman–Crippen LogP) is 2.33. The normalized spacial score (nSPS) is 26.0. The van der Waals surface area contributed by atoms with Crippen molar-refractivity contribution >= 4 is 15.9 Å². The maximum atomic E-state index is 12.1. The molecular formula is C17H20N2O3S. The summed E-state index contributed by atoms with van der Waals surface area (Å²) in [5.41, 5.74) is 1.04. The Morgan fingerprint density at radius 2 is 1.96 bits per heavy atom. The fourth-order valence-electron chi connectivity index (χ4n) is 4.01. The smallest absolute Gasteiger partial charge is 0.239 e. The van der Waals surface area contributed by atoms with Gasteiger partial charge in [-0.15, -0.1) is 0 Å². The first kappa shape index (κ1) is 16.0. The quantitative estimate of drug-likeness (QED) is 0.896. The number of carbonyl (C=O) groups excluding carboxylic acids is 1. The zero-order valence-electron chi connectivity index (χ0n) is 12.9. The van der Waals surface area contributed by atoms with Gasteiger partial charge >= 0.3 is 0 Å². The number of benzene rings is 1. The Balaban J connectivity index is 1.55. The molecule has 3 atom stereocenters. The maximum Gasteiger partial charge on any atom is 0.239 e. The molecule has 0 unspecified atom stereocenters. The number of rotatable bonds is 5. The molecule has 2 bridgehead atoms. The average Bonchev–Trinajstić information content (AvgIpc) is 3.09. The summed E-state index contributed by atoms with van der Waals surface area (Å²) in [7, 11) is -3.69. The molecule has 0 radical (unpaired) electrons. The van der Waals surface area contributed by atoms with Gasteiger partial charge in [-0.25, -0.2) is 8.42 Å². The Labute approximate surface area is 136 Å². The zero-order valence-corrected chi connectivity index (χ0v) is 13.7. The Kier molecular flexibility index (Phi) is 4.40. The highest BCUT2D eigenvalue weighted by molar-refractivity contribution is 7.89. The third-order valence-electron chi connectivity index (χ3n) is 5.04. The van der Waals surface area contributed by atoms with Crippen LogP contribution in [0.2, 0.25) is 0 Å². The molecule has 0 heterocycles. The lowest BCUT2D eigenvalue weighted by molar-refractivity contribution is -0.120. The standard InChI is InChI=1S/C17H20N2O3S/c18-10-12-1-3-13(4-2-12)11-23(21,22)19-17(20)9-16-8-14-5-6-15(16)7-14/h1-4,14-16H,5-9,11H2,(H,19,20)/t14-,15-,16-/m0/s1. The van der Waals surface area contributed by atoms with Gasteiger partial charge < -0.3 is 0 Å². The van der Waals surface area contributed by atoms with Gasteiger partial charge in [0.15, 0.2) is 0 Å². The predicted molar refractivity (Wildman–Crippen MR) is 85.5 cm³/mol. The van der Waals surface area contributed by atoms with Crippen LogP contribution < -0.4 is 4.72 Å². The van der Waals surface area contributed by atoms with Gasteiger partial charge in [-0.3, -0.25) is 9.52 Å². The third-order valence-corrected chi connectivity index (χ3v) is 6.29. The summed E-state index contributed by atoms with van der Waals surface area (Å²) in [4.78, 5) is 12.0. The maximum absolute atomic E-state index is 12.1. The van der Waals surface area contributed by atoms with Gasteiger partial charge in [0.05, 0.1) is 17.4 Å². The van der Waals surface area contributed by atoms with Crippen molar-refractivity contribution in [3.05, 3.63) is 35.4 Å². The molecule has 1 amide bonds. The number of amides is 1. The minimum atomic E-state index is -3.69. The molecule has 1 N–H and O–H groups in total. The van der Waals surface area contributed by atoms with Gasteiger partial charge in [-0.05, 0) is 54.7 Å². The van der Waals surface area contributed by atoms with Crippen molar-refractivity contribution in [1.29, 1.82) is 5.26 Å². The van der Waals surface area contributed by atoms with Crippen LogP contribution in [0, 0.1) is 29.1 Å². The second kappa shape index (κ2) is 6.32. The summed E-state index contributed by atoms with van der Waals surface area (Å²) in [6.07, 6.45) is 5.03. The van der Waals surface area contributed by atoms with Crippen LogP contribution in [0.5, 0.6) is 0 Å². The number of carbonyl (C=O) groups is 1. The Hall–Kier alpha value is -1.87. The molecule has 0 aromatic heterocycles. The number of sulfonamides is 1. The van der Waals surface area contributed by atoms with Gasteiger partial charge in [0.2, 0.25) is 15.9 Å². The van der Waals surface area contributed by atoms with Crippen LogP contribution >= 0.6 is 0 Å². The van der Waals surface area contributed by atoms with Crippen LogP contribution in [0.1, 0.15) is 43.2 Å². The Bertz CT molecular complexity index is 734. The molecule has 0 aliphatic heterocycles. The molecule has 0 saturated heterocycles. The van der Waals surface area contributed by atoms with Gasteiger partial charge in [0, 0.05) is 6.42 Å². The first-order valence-electron chi connectivity index (χ1n) is 7.97. The molecule has 2 fully saturated rings. The van der Waals surface area contributed by atoms with Crippen LogP contribution in [-0.4, -0.2) is 14.3 Å². The molecule has 122 valence electrons. The highest BCUT2D eigenvalue weighted by Crippen LogP contribution is 2.49. The fraction of sp³-hybridized carbons (Fsp3) is 0.529. The first-order chi connectivity index (χ1) is 10.9.